The summed E-state index contributed by atoms with van der Waals surface area (Å²) in [6.45, 7) is 2.53. The standard InChI is InChI=1S/C21H25ClFN5O4/c1-2-3-6-11-27-17-16(25-19(22)26-17)18(29)28(21(27)31)12-7-10-24-20(30)32-13-14-8-4-5-9-15(14)23/h4-5,8-9H,2-3,6-7,10-13H2,1H3,(H,24,30)(H,25,26). The lowest BCUT2D eigenvalue weighted by atomic mass is 10.2. The van der Waals surface area contributed by atoms with Crippen molar-refractivity contribution in [3.05, 3.63) is 61.8 Å². The fourth-order valence-electron chi connectivity index (χ4n) is 3.29. The molecule has 0 atom stereocenters. The first kappa shape index (κ1) is 23.5. The first-order valence-corrected chi connectivity index (χ1v) is 10.8. The lowest BCUT2D eigenvalue weighted by Gasteiger charge is -2.11. The third kappa shape index (κ3) is 5.56. The van der Waals surface area contributed by atoms with Crippen molar-refractivity contribution in [3.63, 3.8) is 0 Å². The summed E-state index contributed by atoms with van der Waals surface area (Å²) >= 11 is 5.92. The molecule has 0 aliphatic carbocycles. The van der Waals surface area contributed by atoms with Crippen LogP contribution in [0.1, 0.15) is 38.2 Å². The monoisotopic (exact) mass is 465 g/mol. The molecule has 3 aromatic rings. The molecule has 2 aromatic heterocycles. The van der Waals surface area contributed by atoms with E-state index in [0.29, 0.717) is 13.0 Å². The van der Waals surface area contributed by atoms with Gasteiger partial charge in [-0.15, -0.1) is 0 Å². The maximum absolute atomic E-state index is 13.6. The minimum Gasteiger partial charge on any atom is -0.445 e. The number of unbranched alkanes of at least 4 members (excludes halogenated alkanes) is 2. The number of benzene rings is 1. The molecule has 0 fully saturated rings. The summed E-state index contributed by atoms with van der Waals surface area (Å²) in [5, 5.41) is 2.57. The highest BCUT2D eigenvalue weighted by Gasteiger charge is 2.16. The van der Waals surface area contributed by atoms with Gasteiger partial charge in [0.15, 0.2) is 11.2 Å². The molecule has 0 saturated heterocycles. The number of aromatic amines is 1. The third-order valence-corrected chi connectivity index (χ3v) is 5.14. The zero-order valence-corrected chi connectivity index (χ0v) is 18.5. The van der Waals surface area contributed by atoms with Gasteiger partial charge in [0.25, 0.3) is 5.56 Å². The number of nitrogens with zero attached hydrogens (tertiary/aromatic N) is 3. The van der Waals surface area contributed by atoms with E-state index < -0.39 is 23.2 Å². The molecule has 32 heavy (non-hydrogen) atoms. The average molecular weight is 466 g/mol. The Morgan fingerprint density at radius 2 is 1.94 bits per heavy atom. The van der Waals surface area contributed by atoms with Crippen molar-refractivity contribution >= 4 is 28.9 Å². The fraction of sp³-hybridized carbons (Fsp3) is 0.429. The predicted octanol–water partition coefficient (Wildman–Crippen LogP) is 3.19. The fourth-order valence-corrected chi connectivity index (χ4v) is 3.47. The number of fused-ring (bicyclic) bond motifs is 1. The number of hydrogen-bond acceptors (Lipinski definition) is 5. The third-order valence-electron chi connectivity index (χ3n) is 4.96. The minimum absolute atomic E-state index is 0.0396. The van der Waals surface area contributed by atoms with E-state index in [1.165, 1.54) is 16.7 Å². The van der Waals surface area contributed by atoms with Crippen molar-refractivity contribution in [2.75, 3.05) is 6.54 Å². The quantitative estimate of drug-likeness (QED) is 0.353. The van der Waals surface area contributed by atoms with E-state index >= 15 is 0 Å². The molecule has 0 saturated carbocycles. The van der Waals surface area contributed by atoms with E-state index in [4.69, 9.17) is 16.3 Å². The first-order valence-electron chi connectivity index (χ1n) is 10.4. The molecule has 9 nitrogen and oxygen atoms in total. The SMILES string of the molecule is CCCCCn1c(=O)n(CCCNC(=O)OCc2ccccc2F)c(=O)c2[nH]c(Cl)nc21. The molecule has 0 aliphatic heterocycles. The Morgan fingerprint density at radius 3 is 2.69 bits per heavy atom. The van der Waals surface area contributed by atoms with Crippen LogP contribution in [0, 0.1) is 5.82 Å². The van der Waals surface area contributed by atoms with Gasteiger partial charge in [-0.1, -0.05) is 38.0 Å². The number of H-pyrrole nitrogens is 1. The van der Waals surface area contributed by atoms with Crippen LogP contribution in [0.5, 0.6) is 0 Å². The van der Waals surface area contributed by atoms with Crippen LogP contribution in [0.15, 0.2) is 33.9 Å². The Kier molecular flexibility index (Phi) is 8.04. The normalized spacial score (nSPS) is 11.1. The van der Waals surface area contributed by atoms with Gasteiger partial charge >= 0.3 is 11.8 Å². The summed E-state index contributed by atoms with van der Waals surface area (Å²) in [5.41, 5.74) is -0.304. The van der Waals surface area contributed by atoms with Crippen molar-refractivity contribution in [1.29, 1.82) is 0 Å². The van der Waals surface area contributed by atoms with Crippen LogP contribution in [-0.2, 0) is 24.4 Å². The number of carbonyl (C=O) groups is 1. The minimum atomic E-state index is -0.714. The maximum Gasteiger partial charge on any atom is 0.407 e. The molecular formula is C21H25ClFN5O4. The zero-order valence-electron chi connectivity index (χ0n) is 17.7. The highest BCUT2D eigenvalue weighted by molar-refractivity contribution is 6.28. The Bertz CT molecular complexity index is 1200. The number of amides is 1. The number of halogens is 2. The molecule has 11 heteroatoms. The highest BCUT2D eigenvalue weighted by atomic mass is 35.5. The summed E-state index contributed by atoms with van der Waals surface area (Å²) in [6.07, 6.45) is 2.28. The molecule has 1 aromatic carbocycles. The lowest BCUT2D eigenvalue weighted by Crippen LogP contribution is -2.41. The van der Waals surface area contributed by atoms with Crippen LogP contribution in [0.4, 0.5) is 9.18 Å². The summed E-state index contributed by atoms with van der Waals surface area (Å²) < 4.78 is 21.1. The van der Waals surface area contributed by atoms with E-state index in [2.05, 4.69) is 22.2 Å². The second-order valence-electron chi connectivity index (χ2n) is 7.27. The topological polar surface area (TPSA) is 111 Å². The van der Waals surface area contributed by atoms with Crippen molar-refractivity contribution in [1.82, 2.24) is 24.4 Å². The van der Waals surface area contributed by atoms with Crippen LogP contribution in [-0.4, -0.2) is 31.7 Å². The van der Waals surface area contributed by atoms with Crippen molar-refractivity contribution in [2.24, 2.45) is 0 Å². The van der Waals surface area contributed by atoms with Crippen molar-refractivity contribution < 1.29 is 13.9 Å². The molecule has 1 amide bonds. The number of nitrogens with one attached hydrogen (secondary N) is 2. The number of hydrogen-bond donors (Lipinski definition) is 2. The predicted molar refractivity (Wildman–Crippen MR) is 118 cm³/mol. The van der Waals surface area contributed by atoms with Gasteiger partial charge < -0.3 is 15.0 Å². The van der Waals surface area contributed by atoms with E-state index in [-0.39, 0.29) is 41.7 Å². The van der Waals surface area contributed by atoms with Crippen LogP contribution in [0.25, 0.3) is 11.2 Å². The number of rotatable bonds is 10. The van der Waals surface area contributed by atoms with Gasteiger partial charge in [0.05, 0.1) is 0 Å². The van der Waals surface area contributed by atoms with Crippen LogP contribution in [0.3, 0.4) is 0 Å². The van der Waals surface area contributed by atoms with E-state index in [0.717, 1.165) is 23.8 Å². The molecular weight excluding hydrogens is 441 g/mol. The average Bonchev–Trinajstić information content (AvgIpc) is 3.16. The highest BCUT2D eigenvalue weighted by Crippen LogP contribution is 2.11. The molecule has 0 unspecified atom stereocenters. The zero-order chi connectivity index (χ0) is 23.1. The molecule has 0 aliphatic rings. The Morgan fingerprint density at radius 1 is 1.19 bits per heavy atom. The van der Waals surface area contributed by atoms with Gasteiger partial charge in [-0.05, 0) is 30.5 Å². The second kappa shape index (κ2) is 10.9. The van der Waals surface area contributed by atoms with Crippen molar-refractivity contribution in [2.45, 2.75) is 52.3 Å². The van der Waals surface area contributed by atoms with Crippen molar-refractivity contribution in [3.8, 4) is 0 Å². The second-order valence-corrected chi connectivity index (χ2v) is 7.63. The van der Waals surface area contributed by atoms with Crippen LogP contribution >= 0.6 is 11.6 Å². The number of ether oxygens (including phenoxy) is 1. The number of aryl methyl sites for hydroxylation is 1. The van der Waals surface area contributed by atoms with Gasteiger partial charge in [0.2, 0.25) is 5.28 Å². The molecule has 0 bridgehead atoms. The number of imidazole rings is 1. The van der Waals surface area contributed by atoms with Crippen LogP contribution < -0.4 is 16.6 Å². The summed E-state index contributed by atoms with van der Waals surface area (Å²) in [7, 11) is 0. The molecule has 172 valence electrons. The van der Waals surface area contributed by atoms with Gasteiger partial charge in [0, 0.05) is 25.2 Å². The maximum atomic E-state index is 13.6. The molecule has 0 spiro atoms. The lowest BCUT2D eigenvalue weighted by molar-refractivity contribution is 0.138. The largest absolute Gasteiger partial charge is 0.445 e. The van der Waals surface area contributed by atoms with Crippen LogP contribution in [0.2, 0.25) is 5.28 Å². The van der Waals surface area contributed by atoms with Gasteiger partial charge in [-0.25, -0.2) is 14.0 Å². The molecule has 2 heterocycles. The molecule has 3 rings (SSSR count). The number of alkyl carbamates (subject to hydrolysis) is 1. The summed E-state index contributed by atoms with van der Waals surface area (Å²) in [5.74, 6) is -0.454. The smallest absolute Gasteiger partial charge is 0.407 e. The van der Waals surface area contributed by atoms with Gasteiger partial charge in [0.1, 0.15) is 12.4 Å². The summed E-state index contributed by atoms with van der Waals surface area (Å²) in [4.78, 5) is 44.3. The summed E-state index contributed by atoms with van der Waals surface area (Å²) in [6, 6.07) is 6.01. The van der Waals surface area contributed by atoms with E-state index in [1.54, 1.807) is 12.1 Å². The number of aromatic nitrogens is 4. The van der Waals surface area contributed by atoms with E-state index in [1.807, 2.05) is 0 Å². The van der Waals surface area contributed by atoms with Gasteiger partial charge in [-0.2, -0.15) is 4.98 Å². The van der Waals surface area contributed by atoms with Gasteiger partial charge in [-0.3, -0.25) is 13.9 Å². The first-order chi connectivity index (χ1) is 15.4. The molecule has 0 radical (unpaired) electrons. The Balaban J connectivity index is 1.62. The Hall–Kier alpha value is -3.14. The number of carbonyl (C=O) groups excluding carboxylic acids is 1. The Labute approximate surface area is 188 Å². The van der Waals surface area contributed by atoms with E-state index in [9.17, 15) is 18.8 Å². The molecule has 2 N–H and O–H groups in total.